The molecule has 0 saturated carbocycles. The van der Waals surface area contributed by atoms with Gasteiger partial charge in [0, 0.05) is 29.4 Å². The second-order valence-electron chi connectivity index (χ2n) is 5.56. The number of hydrogen-bond donors (Lipinski definition) is 1. The van der Waals surface area contributed by atoms with Gasteiger partial charge in [0.15, 0.2) is 0 Å². The minimum atomic E-state index is -1.26. The van der Waals surface area contributed by atoms with E-state index in [4.69, 9.17) is 0 Å². The van der Waals surface area contributed by atoms with Crippen LogP contribution < -0.4 is 10.4 Å². The SMILES string of the molecule is O=C(C[C@@H](C(=O)[O-])c1ccccc1)Nc1cccc2ccccc12. The molecule has 0 spiro atoms. The molecule has 3 aromatic rings. The summed E-state index contributed by atoms with van der Waals surface area (Å²) in [6.45, 7) is 0. The maximum absolute atomic E-state index is 12.3. The van der Waals surface area contributed by atoms with Crippen LogP contribution in [0, 0.1) is 0 Å². The highest BCUT2D eigenvalue weighted by Gasteiger charge is 2.17. The van der Waals surface area contributed by atoms with Crippen LogP contribution in [0.5, 0.6) is 0 Å². The summed E-state index contributed by atoms with van der Waals surface area (Å²) in [5.74, 6) is -2.58. The second-order valence-corrected chi connectivity index (χ2v) is 5.56. The number of benzene rings is 3. The minimum absolute atomic E-state index is 0.171. The number of hydrogen-bond acceptors (Lipinski definition) is 3. The molecule has 1 N–H and O–H groups in total. The standard InChI is InChI=1S/C20H17NO3/c22-19(13-17(20(23)24)15-7-2-1-3-8-15)21-18-12-6-10-14-9-4-5-11-16(14)18/h1-12,17H,13H2,(H,21,22)(H,23,24)/p-1/t17-/m1/s1. The van der Waals surface area contributed by atoms with Crippen molar-refractivity contribution in [1.29, 1.82) is 0 Å². The van der Waals surface area contributed by atoms with Crippen LogP contribution in [0.25, 0.3) is 10.8 Å². The van der Waals surface area contributed by atoms with Crippen molar-refractivity contribution in [3.63, 3.8) is 0 Å². The molecular weight excluding hydrogens is 302 g/mol. The van der Waals surface area contributed by atoms with Gasteiger partial charge < -0.3 is 15.2 Å². The lowest BCUT2D eigenvalue weighted by Gasteiger charge is -2.18. The molecule has 0 unspecified atom stereocenters. The Morgan fingerprint density at radius 3 is 2.29 bits per heavy atom. The van der Waals surface area contributed by atoms with Crippen LogP contribution in [-0.2, 0) is 9.59 Å². The molecule has 0 aliphatic carbocycles. The Hall–Kier alpha value is -3.14. The molecule has 0 aliphatic rings. The molecule has 0 fully saturated rings. The Bertz CT molecular complexity index is 869. The van der Waals surface area contributed by atoms with E-state index in [2.05, 4.69) is 5.32 Å². The fraction of sp³-hybridized carbons (Fsp3) is 0.100. The fourth-order valence-electron chi connectivity index (χ4n) is 2.74. The van der Waals surface area contributed by atoms with E-state index in [-0.39, 0.29) is 12.3 Å². The summed E-state index contributed by atoms with van der Waals surface area (Å²) in [5.41, 5.74) is 1.23. The largest absolute Gasteiger partial charge is 0.549 e. The third-order valence-corrected chi connectivity index (χ3v) is 3.94. The zero-order valence-corrected chi connectivity index (χ0v) is 12.9. The Labute approximate surface area is 139 Å². The number of amides is 1. The van der Waals surface area contributed by atoms with E-state index in [1.807, 2.05) is 36.4 Å². The summed E-state index contributed by atoms with van der Waals surface area (Å²) in [5, 5.41) is 16.1. The third kappa shape index (κ3) is 3.43. The van der Waals surface area contributed by atoms with Crippen LogP contribution in [-0.4, -0.2) is 11.9 Å². The molecule has 24 heavy (non-hydrogen) atoms. The second kappa shape index (κ2) is 6.96. The number of aliphatic carboxylic acids is 1. The average molecular weight is 318 g/mol. The molecular formula is C20H16NO3-. The van der Waals surface area contributed by atoms with E-state index in [1.54, 1.807) is 36.4 Å². The molecule has 1 atom stereocenters. The van der Waals surface area contributed by atoms with E-state index < -0.39 is 11.9 Å². The molecule has 0 aromatic heterocycles. The highest BCUT2D eigenvalue weighted by molar-refractivity contribution is 6.03. The summed E-state index contributed by atoms with van der Waals surface area (Å²) < 4.78 is 0. The molecule has 0 bridgehead atoms. The van der Waals surface area contributed by atoms with Gasteiger partial charge in [-0.2, -0.15) is 0 Å². The first-order valence-electron chi connectivity index (χ1n) is 7.68. The van der Waals surface area contributed by atoms with Crippen LogP contribution in [0.1, 0.15) is 17.9 Å². The lowest BCUT2D eigenvalue weighted by Crippen LogP contribution is -2.32. The number of anilines is 1. The van der Waals surface area contributed by atoms with E-state index in [1.165, 1.54) is 0 Å². The van der Waals surface area contributed by atoms with E-state index in [0.717, 1.165) is 10.8 Å². The number of carbonyl (C=O) groups is 2. The predicted molar refractivity (Wildman–Crippen MR) is 91.4 cm³/mol. The van der Waals surface area contributed by atoms with Gasteiger partial charge in [0.2, 0.25) is 5.91 Å². The number of fused-ring (bicyclic) bond motifs is 1. The summed E-state index contributed by atoms with van der Waals surface area (Å²) in [6, 6.07) is 22.0. The molecule has 0 aliphatic heterocycles. The van der Waals surface area contributed by atoms with Gasteiger partial charge in [-0.3, -0.25) is 4.79 Å². The van der Waals surface area contributed by atoms with Gasteiger partial charge in [0.1, 0.15) is 0 Å². The third-order valence-electron chi connectivity index (χ3n) is 3.94. The zero-order valence-electron chi connectivity index (χ0n) is 12.9. The zero-order chi connectivity index (χ0) is 16.9. The molecule has 0 heterocycles. The van der Waals surface area contributed by atoms with Crippen LogP contribution in [0.3, 0.4) is 0 Å². The monoisotopic (exact) mass is 318 g/mol. The topological polar surface area (TPSA) is 69.2 Å². The summed E-state index contributed by atoms with van der Waals surface area (Å²) in [6.07, 6.45) is -0.171. The molecule has 0 radical (unpaired) electrons. The smallest absolute Gasteiger partial charge is 0.225 e. The van der Waals surface area contributed by atoms with Crippen LogP contribution >= 0.6 is 0 Å². The molecule has 3 aromatic carbocycles. The quantitative estimate of drug-likeness (QED) is 0.786. The first kappa shape index (κ1) is 15.7. The van der Waals surface area contributed by atoms with E-state index in [9.17, 15) is 14.7 Å². The number of carbonyl (C=O) groups excluding carboxylic acids is 2. The van der Waals surface area contributed by atoms with Gasteiger partial charge in [-0.05, 0) is 17.0 Å². The lowest BCUT2D eigenvalue weighted by molar-refractivity contribution is -0.308. The number of rotatable bonds is 5. The summed E-state index contributed by atoms with van der Waals surface area (Å²) >= 11 is 0. The van der Waals surface area contributed by atoms with Crippen molar-refractivity contribution in [3.8, 4) is 0 Å². The van der Waals surface area contributed by atoms with Crippen LogP contribution in [0.15, 0.2) is 72.8 Å². The Balaban J connectivity index is 1.80. The molecule has 120 valence electrons. The minimum Gasteiger partial charge on any atom is -0.549 e. The molecule has 4 heteroatoms. The Morgan fingerprint density at radius 1 is 0.875 bits per heavy atom. The van der Waals surface area contributed by atoms with E-state index in [0.29, 0.717) is 11.3 Å². The Kier molecular flexibility index (Phi) is 4.57. The molecule has 4 nitrogen and oxygen atoms in total. The van der Waals surface area contributed by atoms with Gasteiger partial charge >= 0.3 is 0 Å². The highest BCUT2D eigenvalue weighted by atomic mass is 16.4. The predicted octanol–water partition coefficient (Wildman–Crippen LogP) is 2.70. The van der Waals surface area contributed by atoms with Gasteiger partial charge in [-0.15, -0.1) is 0 Å². The molecule has 1 amide bonds. The van der Waals surface area contributed by atoms with E-state index >= 15 is 0 Å². The average Bonchev–Trinajstić information content (AvgIpc) is 2.60. The van der Waals surface area contributed by atoms with Crippen molar-refractivity contribution in [2.45, 2.75) is 12.3 Å². The summed E-state index contributed by atoms with van der Waals surface area (Å²) in [4.78, 5) is 23.8. The van der Waals surface area contributed by atoms with Gasteiger partial charge in [0.25, 0.3) is 0 Å². The number of nitrogens with one attached hydrogen (secondary N) is 1. The van der Waals surface area contributed by atoms with Crippen molar-refractivity contribution in [2.75, 3.05) is 5.32 Å². The first-order chi connectivity index (χ1) is 11.6. The maximum Gasteiger partial charge on any atom is 0.225 e. The van der Waals surface area contributed by atoms with Crippen molar-refractivity contribution in [1.82, 2.24) is 0 Å². The van der Waals surface area contributed by atoms with Crippen molar-refractivity contribution in [2.24, 2.45) is 0 Å². The van der Waals surface area contributed by atoms with Crippen molar-refractivity contribution >= 4 is 28.3 Å². The van der Waals surface area contributed by atoms with Crippen molar-refractivity contribution < 1.29 is 14.7 Å². The van der Waals surface area contributed by atoms with Gasteiger partial charge in [0.05, 0.1) is 0 Å². The lowest BCUT2D eigenvalue weighted by atomic mass is 9.95. The maximum atomic E-state index is 12.3. The van der Waals surface area contributed by atoms with Crippen LogP contribution in [0.2, 0.25) is 0 Å². The van der Waals surface area contributed by atoms with Crippen molar-refractivity contribution in [3.05, 3.63) is 78.4 Å². The normalized spacial score (nSPS) is 11.8. The fourth-order valence-corrected chi connectivity index (χ4v) is 2.74. The van der Waals surface area contributed by atoms with Gasteiger partial charge in [-0.25, -0.2) is 0 Å². The number of carboxylic acid groups (broad SMARTS) is 1. The molecule has 3 rings (SSSR count). The number of carboxylic acids is 1. The Morgan fingerprint density at radius 2 is 1.54 bits per heavy atom. The van der Waals surface area contributed by atoms with Gasteiger partial charge in [-0.1, -0.05) is 66.7 Å². The summed E-state index contributed by atoms with van der Waals surface area (Å²) in [7, 11) is 0. The first-order valence-corrected chi connectivity index (χ1v) is 7.68. The molecule has 0 saturated heterocycles. The highest BCUT2D eigenvalue weighted by Crippen LogP contribution is 2.24. The van der Waals surface area contributed by atoms with Crippen LogP contribution in [0.4, 0.5) is 5.69 Å².